The van der Waals surface area contributed by atoms with Crippen LogP contribution in [-0.2, 0) is 11.2 Å². The van der Waals surface area contributed by atoms with Crippen LogP contribution in [0.15, 0.2) is 28.7 Å². The number of piperazine rings is 1. The number of methoxy groups -OCH3 is 1. The normalized spacial score (nSPS) is 15.7. The van der Waals surface area contributed by atoms with Gasteiger partial charge in [0.15, 0.2) is 0 Å². The number of hydrogen-bond donors (Lipinski definition) is 0. The molecule has 28 heavy (non-hydrogen) atoms. The molecule has 0 unspecified atom stereocenters. The summed E-state index contributed by atoms with van der Waals surface area (Å²) < 4.78 is 11.0. The highest BCUT2D eigenvalue weighted by atomic mass is 16.5. The predicted molar refractivity (Wildman–Crippen MR) is 109 cm³/mol. The second-order valence-corrected chi connectivity index (χ2v) is 8.64. The van der Waals surface area contributed by atoms with E-state index in [1.807, 2.05) is 36.1 Å². The van der Waals surface area contributed by atoms with E-state index in [0.29, 0.717) is 17.3 Å². The molecule has 2 heterocycles. The molecule has 1 amide bonds. The molecule has 0 bridgehead atoms. The van der Waals surface area contributed by atoms with Gasteiger partial charge in [-0.15, -0.1) is 0 Å². The molecular formula is C22H31N3O3. The molecule has 6 nitrogen and oxygen atoms in total. The van der Waals surface area contributed by atoms with E-state index in [0.717, 1.165) is 44.0 Å². The summed E-state index contributed by atoms with van der Waals surface area (Å²) in [7, 11) is 1.64. The lowest BCUT2D eigenvalue weighted by Crippen LogP contribution is -2.50. The second kappa shape index (κ2) is 8.35. The van der Waals surface area contributed by atoms with Gasteiger partial charge in [0.05, 0.1) is 19.2 Å². The largest absolute Gasteiger partial charge is 0.497 e. The fourth-order valence-corrected chi connectivity index (χ4v) is 3.53. The second-order valence-electron chi connectivity index (χ2n) is 8.64. The van der Waals surface area contributed by atoms with Crippen molar-refractivity contribution in [2.75, 3.05) is 39.8 Å². The number of carbonyl (C=O) groups is 1. The SMILES string of the molecule is COc1ccc(-c2nc(CC(=O)N3CCN(CC(C)(C)C)CC3)c(C)o2)cc1. The number of hydrogen-bond acceptors (Lipinski definition) is 5. The predicted octanol–water partition coefficient (Wildman–Crippen LogP) is 3.39. The van der Waals surface area contributed by atoms with Crippen molar-refractivity contribution in [2.24, 2.45) is 5.41 Å². The Balaban J connectivity index is 1.59. The molecule has 1 saturated heterocycles. The molecule has 1 aromatic heterocycles. The van der Waals surface area contributed by atoms with Gasteiger partial charge in [-0.1, -0.05) is 20.8 Å². The Bertz CT molecular complexity index is 797. The maximum atomic E-state index is 12.8. The van der Waals surface area contributed by atoms with Gasteiger partial charge in [0.1, 0.15) is 11.5 Å². The van der Waals surface area contributed by atoms with E-state index in [4.69, 9.17) is 9.15 Å². The first-order valence-electron chi connectivity index (χ1n) is 9.86. The lowest BCUT2D eigenvalue weighted by Gasteiger charge is -2.37. The first kappa shape index (κ1) is 20.4. The van der Waals surface area contributed by atoms with Crippen LogP contribution in [0.2, 0.25) is 0 Å². The van der Waals surface area contributed by atoms with Crippen molar-refractivity contribution < 1.29 is 13.9 Å². The van der Waals surface area contributed by atoms with E-state index in [1.165, 1.54) is 0 Å². The fourth-order valence-electron chi connectivity index (χ4n) is 3.53. The molecule has 0 radical (unpaired) electrons. The summed E-state index contributed by atoms with van der Waals surface area (Å²) in [6, 6.07) is 7.56. The van der Waals surface area contributed by atoms with E-state index >= 15 is 0 Å². The van der Waals surface area contributed by atoms with Crippen molar-refractivity contribution in [1.29, 1.82) is 0 Å². The molecule has 152 valence electrons. The summed E-state index contributed by atoms with van der Waals surface area (Å²) in [6.07, 6.45) is 0.282. The highest BCUT2D eigenvalue weighted by Crippen LogP contribution is 2.24. The van der Waals surface area contributed by atoms with Crippen molar-refractivity contribution in [3.05, 3.63) is 35.7 Å². The molecule has 0 N–H and O–H groups in total. The van der Waals surface area contributed by atoms with Crippen molar-refractivity contribution in [2.45, 2.75) is 34.1 Å². The monoisotopic (exact) mass is 385 g/mol. The van der Waals surface area contributed by atoms with Crippen molar-refractivity contribution in [3.63, 3.8) is 0 Å². The number of amides is 1. The van der Waals surface area contributed by atoms with Crippen LogP contribution in [0.25, 0.3) is 11.5 Å². The molecule has 1 aliphatic heterocycles. The number of aromatic nitrogens is 1. The van der Waals surface area contributed by atoms with Crippen LogP contribution in [0, 0.1) is 12.3 Å². The van der Waals surface area contributed by atoms with Crippen LogP contribution in [0.4, 0.5) is 0 Å². The number of nitrogens with zero attached hydrogens (tertiary/aromatic N) is 3. The molecule has 1 aliphatic rings. The third-order valence-corrected chi connectivity index (χ3v) is 4.97. The van der Waals surface area contributed by atoms with Gasteiger partial charge < -0.3 is 14.1 Å². The van der Waals surface area contributed by atoms with Crippen LogP contribution < -0.4 is 4.74 Å². The third-order valence-electron chi connectivity index (χ3n) is 4.97. The summed E-state index contributed by atoms with van der Waals surface area (Å²) in [4.78, 5) is 21.7. The van der Waals surface area contributed by atoms with Gasteiger partial charge in [0.2, 0.25) is 11.8 Å². The maximum absolute atomic E-state index is 12.8. The van der Waals surface area contributed by atoms with Gasteiger partial charge >= 0.3 is 0 Å². The van der Waals surface area contributed by atoms with E-state index in [-0.39, 0.29) is 17.7 Å². The highest BCUT2D eigenvalue weighted by Gasteiger charge is 2.25. The smallest absolute Gasteiger partial charge is 0.228 e. The number of rotatable bonds is 5. The number of aryl methyl sites for hydroxylation is 1. The molecule has 0 aliphatic carbocycles. The van der Waals surface area contributed by atoms with Gasteiger partial charge in [-0.3, -0.25) is 9.69 Å². The fraction of sp³-hybridized carbons (Fsp3) is 0.545. The number of ether oxygens (including phenoxy) is 1. The van der Waals surface area contributed by atoms with E-state index in [2.05, 4.69) is 30.7 Å². The maximum Gasteiger partial charge on any atom is 0.228 e. The van der Waals surface area contributed by atoms with Crippen LogP contribution in [-0.4, -0.2) is 60.5 Å². The van der Waals surface area contributed by atoms with Crippen LogP contribution in [0.5, 0.6) is 5.75 Å². The van der Waals surface area contributed by atoms with Gasteiger partial charge in [-0.25, -0.2) is 4.98 Å². The van der Waals surface area contributed by atoms with Gasteiger partial charge in [0.25, 0.3) is 0 Å². The van der Waals surface area contributed by atoms with E-state index in [1.54, 1.807) is 7.11 Å². The van der Waals surface area contributed by atoms with Gasteiger partial charge in [-0.2, -0.15) is 0 Å². The Morgan fingerprint density at radius 3 is 2.36 bits per heavy atom. The van der Waals surface area contributed by atoms with Crippen molar-refractivity contribution in [3.8, 4) is 17.2 Å². The van der Waals surface area contributed by atoms with Crippen LogP contribution in [0.3, 0.4) is 0 Å². The molecule has 6 heteroatoms. The topological polar surface area (TPSA) is 58.8 Å². The summed E-state index contributed by atoms with van der Waals surface area (Å²) in [5.74, 6) is 2.14. The zero-order valence-electron chi connectivity index (χ0n) is 17.6. The zero-order valence-corrected chi connectivity index (χ0v) is 17.6. The van der Waals surface area contributed by atoms with E-state index < -0.39 is 0 Å². The summed E-state index contributed by atoms with van der Waals surface area (Å²) in [6.45, 7) is 13.1. The summed E-state index contributed by atoms with van der Waals surface area (Å²) >= 11 is 0. The average Bonchev–Trinajstić information content (AvgIpc) is 3.01. The minimum atomic E-state index is 0.119. The number of benzene rings is 1. The minimum absolute atomic E-state index is 0.119. The number of oxazole rings is 1. The molecule has 0 atom stereocenters. The first-order valence-corrected chi connectivity index (χ1v) is 9.86. The lowest BCUT2D eigenvalue weighted by molar-refractivity contribution is -0.132. The van der Waals surface area contributed by atoms with Crippen LogP contribution >= 0.6 is 0 Å². The Morgan fingerprint density at radius 1 is 1.14 bits per heavy atom. The number of carbonyl (C=O) groups excluding carboxylic acids is 1. The summed E-state index contributed by atoms with van der Waals surface area (Å²) in [5, 5.41) is 0. The molecule has 3 rings (SSSR count). The van der Waals surface area contributed by atoms with Crippen LogP contribution in [0.1, 0.15) is 32.2 Å². The minimum Gasteiger partial charge on any atom is -0.497 e. The highest BCUT2D eigenvalue weighted by molar-refractivity contribution is 5.78. The Labute approximate surface area is 167 Å². The lowest BCUT2D eigenvalue weighted by atomic mass is 9.96. The first-order chi connectivity index (χ1) is 13.2. The average molecular weight is 386 g/mol. The summed E-state index contributed by atoms with van der Waals surface area (Å²) in [5.41, 5.74) is 1.87. The molecule has 2 aromatic rings. The van der Waals surface area contributed by atoms with Crippen molar-refractivity contribution in [1.82, 2.24) is 14.8 Å². The molecular weight excluding hydrogens is 354 g/mol. The quantitative estimate of drug-likeness (QED) is 0.790. The standard InChI is InChI=1S/C22H31N3O3/c1-16-19(23-21(28-16)17-6-8-18(27-5)9-7-17)14-20(26)25-12-10-24(11-13-25)15-22(2,3)4/h6-9H,10-15H2,1-5H3. The van der Waals surface area contributed by atoms with E-state index in [9.17, 15) is 4.79 Å². The molecule has 0 saturated carbocycles. The molecule has 0 spiro atoms. The Morgan fingerprint density at radius 2 is 1.79 bits per heavy atom. The Hall–Kier alpha value is -2.34. The van der Waals surface area contributed by atoms with Gasteiger partial charge in [-0.05, 0) is 36.6 Å². The Kier molecular flexibility index (Phi) is 6.08. The third kappa shape index (κ3) is 5.13. The molecule has 1 aromatic carbocycles. The van der Waals surface area contributed by atoms with Crippen molar-refractivity contribution >= 4 is 5.91 Å². The molecule has 1 fully saturated rings. The zero-order chi connectivity index (χ0) is 20.3. The van der Waals surface area contributed by atoms with Gasteiger partial charge in [0, 0.05) is 38.3 Å².